The Morgan fingerprint density at radius 2 is 1.79 bits per heavy atom. The highest BCUT2D eigenvalue weighted by atomic mass is 16.4. The highest BCUT2D eigenvalue weighted by molar-refractivity contribution is 5.97. The SMILES string of the molecule is C=C(C)C[C@H](NC(=O)c1cc(C)cc(C)c1)C(=O)O. The van der Waals surface area contributed by atoms with Gasteiger partial charge in [0.15, 0.2) is 0 Å². The Morgan fingerprint density at radius 1 is 1.26 bits per heavy atom. The number of rotatable bonds is 5. The first-order valence-corrected chi connectivity index (χ1v) is 6.06. The van der Waals surface area contributed by atoms with Crippen molar-refractivity contribution in [3.63, 3.8) is 0 Å². The number of carboxylic acids is 1. The van der Waals surface area contributed by atoms with E-state index in [4.69, 9.17) is 5.11 Å². The van der Waals surface area contributed by atoms with E-state index >= 15 is 0 Å². The lowest BCUT2D eigenvalue weighted by atomic mass is 10.1. The van der Waals surface area contributed by atoms with Gasteiger partial charge in [-0.15, -0.1) is 6.58 Å². The number of nitrogens with one attached hydrogen (secondary N) is 1. The zero-order valence-electron chi connectivity index (χ0n) is 11.5. The first-order valence-electron chi connectivity index (χ1n) is 6.06. The summed E-state index contributed by atoms with van der Waals surface area (Å²) in [5.41, 5.74) is 3.13. The van der Waals surface area contributed by atoms with Crippen molar-refractivity contribution in [2.45, 2.75) is 33.2 Å². The highest BCUT2D eigenvalue weighted by Gasteiger charge is 2.20. The van der Waals surface area contributed by atoms with Gasteiger partial charge in [-0.2, -0.15) is 0 Å². The van der Waals surface area contributed by atoms with Gasteiger partial charge in [0, 0.05) is 5.56 Å². The van der Waals surface area contributed by atoms with Gasteiger partial charge in [-0.1, -0.05) is 22.8 Å². The van der Waals surface area contributed by atoms with Crippen LogP contribution in [0.25, 0.3) is 0 Å². The predicted octanol–water partition coefficient (Wildman–Crippen LogP) is 2.45. The number of carbonyl (C=O) groups excluding carboxylic acids is 1. The molecule has 19 heavy (non-hydrogen) atoms. The molecule has 0 aromatic heterocycles. The number of amides is 1. The molecule has 0 radical (unpaired) electrons. The molecule has 102 valence electrons. The molecule has 1 rings (SSSR count). The van der Waals surface area contributed by atoms with Crippen LogP contribution in [0, 0.1) is 13.8 Å². The van der Waals surface area contributed by atoms with Gasteiger partial charge < -0.3 is 10.4 Å². The Hall–Kier alpha value is -2.10. The second-order valence-electron chi connectivity index (χ2n) is 4.90. The number of benzene rings is 1. The van der Waals surface area contributed by atoms with Crippen LogP contribution in [0.4, 0.5) is 0 Å². The van der Waals surface area contributed by atoms with E-state index in [-0.39, 0.29) is 12.3 Å². The molecule has 0 aliphatic rings. The van der Waals surface area contributed by atoms with Crippen molar-refractivity contribution in [1.82, 2.24) is 5.32 Å². The fraction of sp³-hybridized carbons (Fsp3) is 0.333. The average Bonchev–Trinajstić information content (AvgIpc) is 2.25. The Morgan fingerprint density at radius 3 is 2.21 bits per heavy atom. The Bertz CT molecular complexity index is 500. The lowest BCUT2D eigenvalue weighted by Gasteiger charge is -2.15. The number of carbonyl (C=O) groups is 2. The monoisotopic (exact) mass is 261 g/mol. The highest BCUT2D eigenvalue weighted by Crippen LogP contribution is 2.10. The molecule has 1 aromatic rings. The van der Waals surface area contributed by atoms with Crippen LogP contribution in [-0.2, 0) is 4.79 Å². The van der Waals surface area contributed by atoms with E-state index in [9.17, 15) is 9.59 Å². The molecule has 0 heterocycles. The summed E-state index contributed by atoms with van der Waals surface area (Å²) >= 11 is 0. The molecular weight excluding hydrogens is 242 g/mol. The molecule has 1 amide bonds. The van der Waals surface area contributed by atoms with Crippen molar-refractivity contribution < 1.29 is 14.7 Å². The largest absolute Gasteiger partial charge is 0.480 e. The summed E-state index contributed by atoms with van der Waals surface area (Å²) in [7, 11) is 0. The lowest BCUT2D eigenvalue weighted by molar-refractivity contribution is -0.139. The maximum absolute atomic E-state index is 12.0. The molecule has 0 saturated carbocycles. The van der Waals surface area contributed by atoms with Crippen LogP contribution in [0.15, 0.2) is 30.4 Å². The third kappa shape index (κ3) is 4.58. The van der Waals surface area contributed by atoms with E-state index in [2.05, 4.69) is 11.9 Å². The van der Waals surface area contributed by atoms with Gasteiger partial charge in [-0.3, -0.25) is 4.79 Å². The minimum Gasteiger partial charge on any atom is -0.480 e. The molecular formula is C15H19NO3. The van der Waals surface area contributed by atoms with Crippen LogP contribution in [0.2, 0.25) is 0 Å². The number of hydrogen-bond acceptors (Lipinski definition) is 2. The van der Waals surface area contributed by atoms with E-state index in [1.807, 2.05) is 19.9 Å². The standard InChI is InChI=1S/C15H19NO3/c1-9(2)5-13(15(18)19)16-14(17)12-7-10(3)6-11(4)8-12/h6-8,13H,1,5H2,2-4H3,(H,16,17)(H,18,19)/t13-/m0/s1. The van der Waals surface area contributed by atoms with E-state index in [0.717, 1.165) is 11.1 Å². The lowest BCUT2D eigenvalue weighted by Crippen LogP contribution is -2.40. The van der Waals surface area contributed by atoms with Gasteiger partial charge in [0.25, 0.3) is 5.91 Å². The molecule has 0 unspecified atom stereocenters. The smallest absolute Gasteiger partial charge is 0.326 e. The van der Waals surface area contributed by atoms with E-state index in [1.54, 1.807) is 19.1 Å². The summed E-state index contributed by atoms with van der Waals surface area (Å²) in [5, 5.41) is 11.6. The summed E-state index contributed by atoms with van der Waals surface area (Å²) in [5.74, 6) is -1.43. The third-order valence-electron chi connectivity index (χ3n) is 2.64. The van der Waals surface area contributed by atoms with Crippen LogP contribution in [0.5, 0.6) is 0 Å². The average molecular weight is 261 g/mol. The van der Waals surface area contributed by atoms with E-state index < -0.39 is 12.0 Å². The van der Waals surface area contributed by atoms with Crippen LogP contribution < -0.4 is 5.32 Å². The van der Waals surface area contributed by atoms with Gasteiger partial charge in [0.05, 0.1) is 0 Å². The molecule has 0 bridgehead atoms. The first kappa shape index (κ1) is 15.0. The van der Waals surface area contributed by atoms with Crippen molar-refractivity contribution >= 4 is 11.9 Å². The fourth-order valence-electron chi connectivity index (χ4n) is 1.90. The number of aliphatic carboxylic acids is 1. The molecule has 0 aliphatic carbocycles. The van der Waals surface area contributed by atoms with Crippen molar-refractivity contribution in [2.75, 3.05) is 0 Å². The van der Waals surface area contributed by atoms with Crippen molar-refractivity contribution in [1.29, 1.82) is 0 Å². The van der Waals surface area contributed by atoms with Crippen LogP contribution in [0.3, 0.4) is 0 Å². The van der Waals surface area contributed by atoms with Crippen LogP contribution >= 0.6 is 0 Å². The molecule has 0 saturated heterocycles. The second kappa shape index (κ2) is 6.18. The molecule has 0 aliphatic heterocycles. The van der Waals surface area contributed by atoms with Crippen LogP contribution in [0.1, 0.15) is 34.8 Å². The topological polar surface area (TPSA) is 66.4 Å². The zero-order valence-corrected chi connectivity index (χ0v) is 11.5. The zero-order chi connectivity index (χ0) is 14.6. The predicted molar refractivity (Wildman–Crippen MR) is 74.2 cm³/mol. The third-order valence-corrected chi connectivity index (χ3v) is 2.64. The van der Waals surface area contributed by atoms with Crippen molar-refractivity contribution in [3.05, 3.63) is 47.0 Å². The fourth-order valence-corrected chi connectivity index (χ4v) is 1.90. The first-order chi connectivity index (χ1) is 8.79. The minimum atomic E-state index is -1.05. The number of aryl methyl sites for hydroxylation is 2. The summed E-state index contributed by atoms with van der Waals surface area (Å²) in [4.78, 5) is 23.1. The van der Waals surface area contributed by atoms with E-state index in [1.165, 1.54) is 0 Å². The minimum absolute atomic E-state index is 0.228. The molecule has 0 spiro atoms. The van der Waals surface area contributed by atoms with E-state index in [0.29, 0.717) is 11.1 Å². The molecule has 1 atom stereocenters. The van der Waals surface area contributed by atoms with Gasteiger partial charge in [0.1, 0.15) is 6.04 Å². The van der Waals surface area contributed by atoms with Gasteiger partial charge >= 0.3 is 5.97 Å². The molecule has 4 heteroatoms. The Labute approximate surface area is 113 Å². The maximum Gasteiger partial charge on any atom is 0.326 e. The molecule has 4 nitrogen and oxygen atoms in total. The number of hydrogen-bond donors (Lipinski definition) is 2. The summed E-state index contributed by atoms with van der Waals surface area (Å²) in [6, 6.07) is 4.49. The summed E-state index contributed by atoms with van der Waals surface area (Å²) in [6.45, 7) is 9.20. The molecule has 0 fully saturated rings. The molecule has 2 N–H and O–H groups in total. The van der Waals surface area contributed by atoms with Crippen LogP contribution in [-0.4, -0.2) is 23.0 Å². The van der Waals surface area contributed by atoms with Gasteiger partial charge in [-0.25, -0.2) is 4.79 Å². The summed E-state index contributed by atoms with van der Waals surface area (Å²) in [6.07, 6.45) is 0.228. The number of carboxylic acid groups (broad SMARTS) is 1. The van der Waals surface area contributed by atoms with Gasteiger partial charge in [-0.05, 0) is 39.3 Å². The van der Waals surface area contributed by atoms with Crippen molar-refractivity contribution in [2.24, 2.45) is 0 Å². The normalized spacial score (nSPS) is 11.7. The Balaban J connectivity index is 2.87. The van der Waals surface area contributed by atoms with Crippen molar-refractivity contribution in [3.8, 4) is 0 Å². The second-order valence-corrected chi connectivity index (χ2v) is 4.90. The quantitative estimate of drug-likeness (QED) is 0.800. The summed E-state index contributed by atoms with van der Waals surface area (Å²) < 4.78 is 0. The van der Waals surface area contributed by atoms with Gasteiger partial charge in [0.2, 0.25) is 0 Å². The Kier molecular flexibility index (Phi) is 4.87. The molecule has 1 aromatic carbocycles. The maximum atomic E-state index is 12.0.